The molecule has 2 aliphatic carbocycles. The maximum Gasteiger partial charge on any atom is 0.0465 e. The molecule has 0 amide bonds. The van der Waals surface area contributed by atoms with Gasteiger partial charge in [-0.25, -0.2) is 0 Å². The molecule has 1 N–H and O–H groups in total. The maximum atomic E-state index is 3.50. The summed E-state index contributed by atoms with van der Waals surface area (Å²) < 4.78 is 0. The van der Waals surface area contributed by atoms with Crippen molar-refractivity contribution in [2.24, 2.45) is 0 Å². The Bertz CT molecular complexity index is 2310. The second-order valence-corrected chi connectivity index (χ2v) is 16.3. The van der Waals surface area contributed by atoms with Crippen molar-refractivity contribution in [3.8, 4) is 11.1 Å². The normalized spacial score (nSPS) is 15.0. The van der Waals surface area contributed by atoms with E-state index in [-0.39, 0.29) is 5.41 Å². The molecule has 1 spiro atoms. The molecular formula is C54H62N2. The van der Waals surface area contributed by atoms with Crippen molar-refractivity contribution in [3.05, 3.63) is 171 Å². The van der Waals surface area contributed by atoms with E-state index in [9.17, 15) is 0 Å². The van der Waals surface area contributed by atoms with Gasteiger partial charge in [-0.3, -0.25) is 0 Å². The van der Waals surface area contributed by atoms with Crippen LogP contribution in [0.2, 0.25) is 0 Å². The van der Waals surface area contributed by atoms with Crippen molar-refractivity contribution >= 4 is 28.8 Å². The molecule has 0 bridgehead atoms. The zero-order valence-corrected chi connectivity index (χ0v) is 35.3. The molecule has 0 heterocycles. The molecule has 56 heavy (non-hydrogen) atoms. The van der Waals surface area contributed by atoms with E-state index in [0.717, 1.165) is 31.4 Å². The molecule has 1 fully saturated rings. The molecule has 0 aliphatic heterocycles. The molecule has 2 aliphatic rings. The number of fused-ring (bicyclic) bond motifs is 5. The van der Waals surface area contributed by atoms with Gasteiger partial charge in [0, 0.05) is 34.4 Å². The highest BCUT2D eigenvalue weighted by atomic mass is 15.1. The van der Waals surface area contributed by atoms with Crippen molar-refractivity contribution in [2.45, 2.75) is 119 Å². The summed E-state index contributed by atoms with van der Waals surface area (Å²) in [6.07, 6.45) is 19.4. The fraction of sp³-hybridized carbons (Fsp3) is 0.333. The van der Waals surface area contributed by atoms with Gasteiger partial charge < -0.3 is 10.2 Å². The second-order valence-electron chi connectivity index (χ2n) is 16.3. The predicted molar refractivity (Wildman–Crippen MR) is 244 cm³/mol. The predicted octanol–water partition coefficient (Wildman–Crippen LogP) is 15.2. The lowest BCUT2D eigenvalue weighted by Crippen LogP contribution is -2.28. The molecule has 0 unspecified atom stereocenters. The molecule has 5 aromatic carbocycles. The van der Waals surface area contributed by atoms with E-state index in [2.05, 4.69) is 181 Å². The second kappa shape index (κ2) is 17.0. The lowest BCUT2D eigenvalue weighted by molar-refractivity contribution is 0.353. The molecule has 0 atom stereocenters. The van der Waals surface area contributed by atoms with E-state index in [0.29, 0.717) is 0 Å². The maximum absolute atomic E-state index is 3.50. The molecular weight excluding hydrogens is 677 g/mol. The summed E-state index contributed by atoms with van der Waals surface area (Å²) in [4.78, 5) is 2.50. The van der Waals surface area contributed by atoms with Crippen molar-refractivity contribution in [1.29, 1.82) is 0 Å². The largest absolute Gasteiger partial charge is 0.362 e. The summed E-state index contributed by atoms with van der Waals surface area (Å²) >= 11 is 0. The number of nitrogens with zero attached hydrogens (tertiary/aromatic N) is 1. The topological polar surface area (TPSA) is 15.3 Å². The highest BCUT2D eigenvalue weighted by Gasteiger charge is 2.44. The fourth-order valence-corrected chi connectivity index (χ4v) is 9.31. The van der Waals surface area contributed by atoms with E-state index in [1.165, 1.54) is 122 Å². The molecule has 5 aromatic rings. The highest BCUT2D eigenvalue weighted by Crippen LogP contribution is 2.57. The first-order chi connectivity index (χ1) is 27.2. The first kappa shape index (κ1) is 39.2. The van der Waals surface area contributed by atoms with E-state index in [1.807, 2.05) is 0 Å². The third-order valence-electron chi connectivity index (χ3n) is 13.0. The van der Waals surface area contributed by atoms with Crippen LogP contribution in [-0.2, 0) is 31.1 Å². The summed E-state index contributed by atoms with van der Waals surface area (Å²) in [5.41, 5.74) is 23.0. The first-order valence-electron chi connectivity index (χ1n) is 21.4. The van der Waals surface area contributed by atoms with E-state index >= 15 is 0 Å². The van der Waals surface area contributed by atoms with E-state index in [1.54, 1.807) is 0 Å². The summed E-state index contributed by atoms with van der Waals surface area (Å²) in [6.45, 7) is 17.9. The minimum absolute atomic E-state index is 0.0421. The monoisotopic (exact) mass is 738 g/mol. The minimum atomic E-state index is 0.0421. The van der Waals surface area contributed by atoms with Crippen LogP contribution in [0.1, 0.15) is 124 Å². The number of benzene rings is 5. The summed E-state index contributed by atoms with van der Waals surface area (Å²) in [6, 6.07) is 35.4. The highest BCUT2D eigenvalue weighted by molar-refractivity contribution is 5.87. The molecule has 0 radical (unpaired) electrons. The van der Waals surface area contributed by atoms with Gasteiger partial charge in [0.25, 0.3) is 0 Å². The average Bonchev–Trinajstić information content (AvgIpc) is 3.48. The summed E-state index contributed by atoms with van der Waals surface area (Å²) in [5.74, 6) is 0. The smallest absolute Gasteiger partial charge is 0.0465 e. The Morgan fingerprint density at radius 2 is 1.14 bits per heavy atom. The number of hydrogen-bond acceptors (Lipinski definition) is 2. The minimum Gasteiger partial charge on any atom is -0.362 e. The number of anilines is 4. The van der Waals surface area contributed by atoms with Crippen molar-refractivity contribution in [3.63, 3.8) is 0 Å². The molecule has 0 aromatic heterocycles. The molecule has 2 nitrogen and oxygen atoms in total. The Morgan fingerprint density at radius 1 is 0.571 bits per heavy atom. The Kier molecular flexibility index (Phi) is 11.9. The number of allylic oxidation sites excluding steroid dienone is 4. The van der Waals surface area contributed by atoms with Gasteiger partial charge in [-0.05, 0) is 193 Å². The van der Waals surface area contributed by atoms with Gasteiger partial charge in [0.05, 0.1) is 0 Å². The van der Waals surface area contributed by atoms with Crippen molar-refractivity contribution in [1.82, 2.24) is 0 Å². The zero-order chi connectivity index (χ0) is 39.4. The van der Waals surface area contributed by atoms with Crippen LogP contribution in [0.3, 0.4) is 0 Å². The number of aryl methyl sites for hydroxylation is 6. The zero-order valence-electron chi connectivity index (χ0n) is 35.3. The van der Waals surface area contributed by atoms with E-state index < -0.39 is 0 Å². The molecule has 0 saturated heterocycles. The van der Waals surface area contributed by atoms with E-state index in [4.69, 9.17) is 0 Å². The molecule has 7 rings (SSSR count). The number of hydrogen-bond donors (Lipinski definition) is 1. The molecule has 2 heteroatoms. The summed E-state index contributed by atoms with van der Waals surface area (Å²) in [7, 11) is 0. The van der Waals surface area contributed by atoms with Crippen LogP contribution in [0.4, 0.5) is 22.7 Å². The number of rotatable bonds is 12. The van der Waals surface area contributed by atoms with Crippen molar-refractivity contribution < 1.29 is 0 Å². The van der Waals surface area contributed by atoms with Gasteiger partial charge >= 0.3 is 0 Å². The Balaban J connectivity index is 1.21. The third kappa shape index (κ3) is 7.68. The Morgan fingerprint density at radius 3 is 1.84 bits per heavy atom. The van der Waals surface area contributed by atoms with Gasteiger partial charge in [-0.15, -0.1) is 0 Å². The van der Waals surface area contributed by atoms with Crippen LogP contribution < -0.4 is 10.2 Å². The van der Waals surface area contributed by atoms with Crippen LogP contribution >= 0.6 is 0 Å². The Hall–Kier alpha value is -5.08. The van der Waals surface area contributed by atoms with Crippen LogP contribution in [-0.4, -0.2) is 0 Å². The van der Waals surface area contributed by atoms with Gasteiger partial charge in [0.1, 0.15) is 0 Å². The standard InChI is InChI=1S/C54H62N2/c1-9-42-20-22-46(34-44(42)11-3)55-31-28-39(7)37(5)16-18-41-19-26-50-51-27-25-49(36-53(51)54(52(50)33-41)29-14-13-15-30-54)56(47-23-17-38(6)40(8)32-47)48-24-21-43(10-2)45(12-4)35-48/h16-28,31-36,55H,9-15,29-30H2,1-8H3/b18-16-,31-28+,39-37-. The Labute approximate surface area is 338 Å². The lowest BCUT2D eigenvalue weighted by Gasteiger charge is -2.37. The molecule has 1 saturated carbocycles. The van der Waals surface area contributed by atoms with Crippen LogP contribution in [0.15, 0.2) is 120 Å². The van der Waals surface area contributed by atoms with Gasteiger partial charge in [-0.1, -0.05) is 102 Å². The first-order valence-corrected chi connectivity index (χ1v) is 21.4. The number of nitrogens with one attached hydrogen (secondary N) is 1. The fourth-order valence-electron chi connectivity index (χ4n) is 9.31. The molecule has 288 valence electrons. The third-order valence-corrected chi connectivity index (χ3v) is 13.0. The average molecular weight is 739 g/mol. The van der Waals surface area contributed by atoms with Crippen molar-refractivity contribution in [2.75, 3.05) is 10.2 Å². The van der Waals surface area contributed by atoms with Gasteiger partial charge in [0.15, 0.2) is 0 Å². The van der Waals surface area contributed by atoms with Crippen LogP contribution in [0, 0.1) is 13.8 Å². The van der Waals surface area contributed by atoms with Gasteiger partial charge in [0.2, 0.25) is 0 Å². The van der Waals surface area contributed by atoms with Crippen LogP contribution in [0.25, 0.3) is 17.2 Å². The van der Waals surface area contributed by atoms with Crippen LogP contribution in [0.5, 0.6) is 0 Å². The SMILES string of the molecule is CCc1ccc(N/C=C/C(C)=C(C)\C=C/c2ccc3c(c2)C2(CCCCC2)c2cc(N(c4ccc(C)c(C)c4)c4ccc(CC)c(CC)c4)ccc2-3)cc1CC. The summed E-state index contributed by atoms with van der Waals surface area (Å²) in [5, 5.41) is 3.50. The van der Waals surface area contributed by atoms with Gasteiger partial charge in [-0.2, -0.15) is 0 Å². The quantitative estimate of drug-likeness (QED) is 0.128. The lowest BCUT2D eigenvalue weighted by atomic mass is 9.67.